The predicted molar refractivity (Wildman–Crippen MR) is 66.2 cm³/mol. The highest BCUT2D eigenvalue weighted by molar-refractivity contribution is 5.09. The smallest absolute Gasteiger partial charge is 0.109 e. The first-order chi connectivity index (χ1) is 8.27. The summed E-state index contributed by atoms with van der Waals surface area (Å²) in [6.07, 6.45) is 2.82. The summed E-state index contributed by atoms with van der Waals surface area (Å²) in [5, 5.41) is 0. The van der Waals surface area contributed by atoms with Gasteiger partial charge >= 0.3 is 0 Å². The van der Waals surface area contributed by atoms with Crippen LogP contribution in [0.4, 0.5) is 0 Å². The van der Waals surface area contributed by atoms with E-state index in [1.165, 1.54) is 19.4 Å². The van der Waals surface area contributed by atoms with Crippen molar-refractivity contribution in [2.75, 3.05) is 46.4 Å². The van der Waals surface area contributed by atoms with Gasteiger partial charge in [-0.05, 0) is 19.4 Å². The van der Waals surface area contributed by atoms with E-state index in [0.29, 0.717) is 12.1 Å². The summed E-state index contributed by atoms with van der Waals surface area (Å²) < 4.78 is 11.5. The van der Waals surface area contributed by atoms with Crippen molar-refractivity contribution in [3.63, 3.8) is 0 Å². The molecule has 0 aliphatic carbocycles. The highest BCUT2D eigenvalue weighted by Gasteiger charge is 2.55. The first kappa shape index (κ1) is 11.9. The van der Waals surface area contributed by atoms with E-state index in [9.17, 15) is 0 Å². The van der Waals surface area contributed by atoms with E-state index >= 15 is 0 Å². The Morgan fingerprint density at radius 1 is 1.35 bits per heavy atom. The second-order valence-corrected chi connectivity index (χ2v) is 5.66. The van der Waals surface area contributed by atoms with Crippen LogP contribution < -0.4 is 0 Å². The molecule has 0 bridgehead atoms. The molecule has 0 saturated carbocycles. The maximum atomic E-state index is 6.08. The van der Waals surface area contributed by atoms with Crippen molar-refractivity contribution < 1.29 is 9.47 Å². The highest BCUT2D eigenvalue weighted by Crippen LogP contribution is 2.39. The lowest BCUT2D eigenvalue weighted by Crippen LogP contribution is -2.69. The summed E-state index contributed by atoms with van der Waals surface area (Å²) in [6.45, 7) is 8.85. The SMILES string of the molecule is CCN1CC2(C1)OCCC2N1CCC(OC)C1. The first-order valence-corrected chi connectivity index (χ1v) is 6.90. The zero-order chi connectivity index (χ0) is 11.9. The molecule has 4 nitrogen and oxygen atoms in total. The average Bonchev–Trinajstić information content (AvgIpc) is 2.92. The van der Waals surface area contributed by atoms with Crippen LogP contribution >= 0.6 is 0 Å². The number of rotatable bonds is 3. The second kappa shape index (κ2) is 4.50. The van der Waals surface area contributed by atoms with Gasteiger partial charge in [-0.3, -0.25) is 9.80 Å². The summed E-state index contributed by atoms with van der Waals surface area (Å²) in [5.74, 6) is 0. The van der Waals surface area contributed by atoms with Gasteiger partial charge in [-0.1, -0.05) is 6.92 Å². The van der Waals surface area contributed by atoms with E-state index < -0.39 is 0 Å². The van der Waals surface area contributed by atoms with Crippen molar-refractivity contribution in [3.05, 3.63) is 0 Å². The van der Waals surface area contributed by atoms with Crippen molar-refractivity contribution in [3.8, 4) is 0 Å². The van der Waals surface area contributed by atoms with Crippen LogP contribution in [0.25, 0.3) is 0 Å². The molecule has 1 spiro atoms. The molecule has 0 aromatic heterocycles. The largest absolute Gasteiger partial charge is 0.380 e. The average molecular weight is 240 g/mol. The number of hydrogen-bond donors (Lipinski definition) is 0. The van der Waals surface area contributed by atoms with Crippen molar-refractivity contribution in [2.24, 2.45) is 0 Å². The molecule has 3 aliphatic rings. The predicted octanol–water partition coefficient (Wildman–Crippen LogP) is 0.570. The number of likely N-dealkylation sites (tertiary alicyclic amines) is 2. The lowest BCUT2D eigenvalue weighted by Gasteiger charge is -2.52. The van der Waals surface area contributed by atoms with E-state index in [0.717, 1.165) is 32.8 Å². The van der Waals surface area contributed by atoms with E-state index in [2.05, 4.69) is 16.7 Å². The Labute approximate surface area is 104 Å². The van der Waals surface area contributed by atoms with E-state index in [4.69, 9.17) is 9.47 Å². The molecule has 3 rings (SSSR count). The standard InChI is InChI=1S/C13H24N2O2/c1-3-14-9-13(10-14)12(5-7-17-13)15-6-4-11(8-15)16-2/h11-12H,3-10H2,1-2H3. The Morgan fingerprint density at radius 3 is 2.82 bits per heavy atom. The van der Waals surface area contributed by atoms with Crippen molar-refractivity contribution >= 4 is 0 Å². The fourth-order valence-corrected chi connectivity index (χ4v) is 3.71. The summed E-state index contributed by atoms with van der Waals surface area (Å²) >= 11 is 0. The topological polar surface area (TPSA) is 24.9 Å². The summed E-state index contributed by atoms with van der Waals surface area (Å²) in [4.78, 5) is 5.08. The zero-order valence-electron chi connectivity index (χ0n) is 11.0. The maximum Gasteiger partial charge on any atom is 0.109 e. The number of likely N-dealkylation sites (N-methyl/N-ethyl adjacent to an activating group) is 1. The fraction of sp³-hybridized carbons (Fsp3) is 1.00. The van der Waals surface area contributed by atoms with Crippen LogP contribution in [0, 0.1) is 0 Å². The van der Waals surface area contributed by atoms with Crippen LogP contribution in [0.3, 0.4) is 0 Å². The minimum Gasteiger partial charge on any atom is -0.380 e. The first-order valence-electron chi connectivity index (χ1n) is 6.90. The summed E-state index contributed by atoms with van der Waals surface area (Å²) in [5.41, 5.74) is 0.151. The Hall–Kier alpha value is -0.160. The molecule has 4 heteroatoms. The molecular formula is C13H24N2O2. The third kappa shape index (κ3) is 1.91. The van der Waals surface area contributed by atoms with Gasteiger partial charge in [-0.25, -0.2) is 0 Å². The van der Waals surface area contributed by atoms with Gasteiger partial charge in [0.15, 0.2) is 0 Å². The van der Waals surface area contributed by atoms with Gasteiger partial charge in [0.1, 0.15) is 5.60 Å². The molecule has 0 aromatic rings. The van der Waals surface area contributed by atoms with Gasteiger partial charge in [0.25, 0.3) is 0 Å². The van der Waals surface area contributed by atoms with Gasteiger partial charge < -0.3 is 9.47 Å². The quantitative estimate of drug-likeness (QED) is 0.720. The van der Waals surface area contributed by atoms with Gasteiger partial charge in [0.2, 0.25) is 0 Å². The maximum absolute atomic E-state index is 6.08. The molecule has 3 fully saturated rings. The van der Waals surface area contributed by atoms with Gasteiger partial charge in [0.05, 0.1) is 6.10 Å². The summed E-state index contributed by atoms with van der Waals surface area (Å²) in [7, 11) is 1.83. The minimum absolute atomic E-state index is 0.151. The van der Waals surface area contributed by atoms with Crippen molar-refractivity contribution in [2.45, 2.75) is 37.5 Å². The lowest BCUT2D eigenvalue weighted by atomic mass is 9.85. The molecule has 0 aromatic carbocycles. The molecule has 3 saturated heterocycles. The van der Waals surface area contributed by atoms with E-state index in [-0.39, 0.29) is 5.60 Å². The van der Waals surface area contributed by atoms with Gasteiger partial charge in [-0.15, -0.1) is 0 Å². The van der Waals surface area contributed by atoms with Crippen LogP contribution in [0.1, 0.15) is 19.8 Å². The molecule has 0 amide bonds. The van der Waals surface area contributed by atoms with Gasteiger partial charge in [-0.2, -0.15) is 0 Å². The molecule has 17 heavy (non-hydrogen) atoms. The molecule has 3 heterocycles. The molecule has 3 aliphatic heterocycles. The lowest BCUT2D eigenvalue weighted by molar-refractivity contribution is -0.137. The molecular weight excluding hydrogens is 216 g/mol. The van der Waals surface area contributed by atoms with Crippen molar-refractivity contribution in [1.82, 2.24) is 9.80 Å². The van der Waals surface area contributed by atoms with Crippen LogP contribution in [0.2, 0.25) is 0 Å². The highest BCUT2D eigenvalue weighted by atomic mass is 16.5. The molecule has 2 unspecified atom stereocenters. The number of methoxy groups -OCH3 is 1. The van der Waals surface area contributed by atoms with Crippen LogP contribution in [-0.2, 0) is 9.47 Å². The van der Waals surface area contributed by atoms with E-state index in [1.807, 2.05) is 7.11 Å². The van der Waals surface area contributed by atoms with Gasteiger partial charge in [0, 0.05) is 45.9 Å². The monoisotopic (exact) mass is 240 g/mol. The Bertz CT molecular complexity index is 279. The Kier molecular flexibility index (Phi) is 3.15. The molecule has 98 valence electrons. The van der Waals surface area contributed by atoms with Crippen LogP contribution in [0.15, 0.2) is 0 Å². The molecule has 2 atom stereocenters. The fourth-order valence-electron chi connectivity index (χ4n) is 3.71. The molecule has 0 radical (unpaired) electrons. The summed E-state index contributed by atoms with van der Waals surface area (Å²) in [6, 6.07) is 0.630. The Morgan fingerprint density at radius 2 is 2.18 bits per heavy atom. The third-order valence-corrected chi connectivity index (χ3v) is 4.77. The number of hydrogen-bond acceptors (Lipinski definition) is 4. The van der Waals surface area contributed by atoms with Crippen LogP contribution in [-0.4, -0.2) is 74.0 Å². The molecule has 0 N–H and O–H groups in total. The number of nitrogens with zero attached hydrogens (tertiary/aromatic N) is 2. The Balaban J connectivity index is 1.63. The zero-order valence-corrected chi connectivity index (χ0v) is 11.0. The second-order valence-electron chi connectivity index (χ2n) is 5.66. The normalized spacial score (nSPS) is 37.8. The third-order valence-electron chi connectivity index (χ3n) is 4.77. The van der Waals surface area contributed by atoms with E-state index in [1.54, 1.807) is 0 Å². The van der Waals surface area contributed by atoms with Crippen LogP contribution in [0.5, 0.6) is 0 Å². The van der Waals surface area contributed by atoms with Crippen molar-refractivity contribution in [1.29, 1.82) is 0 Å². The number of ether oxygens (including phenoxy) is 2. The minimum atomic E-state index is 0.151.